The number of nitrogens with one attached hydrogen (secondary N) is 1. The molecule has 0 aliphatic heterocycles. The lowest BCUT2D eigenvalue weighted by Gasteiger charge is -2.35. The Balaban J connectivity index is 2.12. The highest BCUT2D eigenvalue weighted by Gasteiger charge is 2.27. The highest BCUT2D eigenvalue weighted by atomic mass is 16.5. The minimum absolute atomic E-state index is 0.165. The van der Waals surface area contributed by atoms with E-state index in [1.165, 1.54) is 25.7 Å². The molecule has 1 aromatic rings. The third kappa shape index (κ3) is 4.55. The van der Waals surface area contributed by atoms with Crippen molar-refractivity contribution in [3.8, 4) is 5.75 Å². The van der Waals surface area contributed by atoms with Crippen LogP contribution in [0.15, 0.2) is 18.2 Å². The molecule has 1 aromatic carbocycles. The van der Waals surface area contributed by atoms with Crippen molar-refractivity contribution in [2.45, 2.75) is 65.5 Å². The van der Waals surface area contributed by atoms with E-state index in [2.05, 4.69) is 25.2 Å². The molecular weight excluding hydrogens is 260 g/mol. The van der Waals surface area contributed by atoms with E-state index in [9.17, 15) is 0 Å². The first-order valence-corrected chi connectivity index (χ1v) is 8.29. The standard InChI is InChI=1S/C18H30N2O/c1-12(2)17-7-5-6-8-18(17)20-15-9-14(19)10-16(11-15)21-13(3)4/h9-13,17-18,20H,5-8,19H2,1-4H3. The number of benzene rings is 1. The second-order valence-electron chi connectivity index (χ2n) is 6.90. The summed E-state index contributed by atoms with van der Waals surface area (Å²) in [6.07, 6.45) is 5.42. The number of anilines is 2. The van der Waals surface area contributed by atoms with Crippen molar-refractivity contribution in [1.29, 1.82) is 0 Å². The van der Waals surface area contributed by atoms with Gasteiger partial charge in [0.1, 0.15) is 5.75 Å². The van der Waals surface area contributed by atoms with Gasteiger partial charge in [-0.1, -0.05) is 26.7 Å². The van der Waals surface area contributed by atoms with Gasteiger partial charge in [0.25, 0.3) is 0 Å². The number of hydrogen-bond acceptors (Lipinski definition) is 3. The van der Waals surface area contributed by atoms with Crippen LogP contribution in [0.3, 0.4) is 0 Å². The summed E-state index contributed by atoms with van der Waals surface area (Å²) in [7, 11) is 0. The number of nitrogen functional groups attached to an aromatic ring is 1. The van der Waals surface area contributed by atoms with Crippen LogP contribution in [-0.2, 0) is 0 Å². The summed E-state index contributed by atoms with van der Waals surface area (Å²) >= 11 is 0. The van der Waals surface area contributed by atoms with Gasteiger partial charge in [-0.3, -0.25) is 0 Å². The van der Waals surface area contributed by atoms with E-state index in [1.54, 1.807) is 0 Å². The third-order valence-electron chi connectivity index (χ3n) is 4.33. The summed E-state index contributed by atoms with van der Waals surface area (Å²) in [5, 5.41) is 3.71. The number of rotatable bonds is 5. The fraction of sp³-hybridized carbons (Fsp3) is 0.667. The fourth-order valence-corrected chi connectivity index (χ4v) is 3.40. The highest BCUT2D eigenvalue weighted by molar-refractivity contribution is 5.59. The lowest BCUT2D eigenvalue weighted by molar-refractivity contribution is 0.242. The largest absolute Gasteiger partial charge is 0.491 e. The zero-order valence-corrected chi connectivity index (χ0v) is 13.9. The van der Waals surface area contributed by atoms with E-state index in [0.29, 0.717) is 6.04 Å². The van der Waals surface area contributed by atoms with E-state index < -0.39 is 0 Å². The lowest BCUT2D eigenvalue weighted by Crippen LogP contribution is -2.35. The van der Waals surface area contributed by atoms with E-state index in [0.717, 1.165) is 29.0 Å². The topological polar surface area (TPSA) is 47.3 Å². The molecule has 1 fully saturated rings. The molecule has 1 aliphatic rings. The second kappa shape index (κ2) is 7.06. The van der Waals surface area contributed by atoms with Crippen LogP contribution in [0, 0.1) is 11.8 Å². The summed E-state index contributed by atoms with van der Waals surface area (Å²) in [5.41, 5.74) is 7.86. The molecule has 0 saturated heterocycles. The molecule has 0 radical (unpaired) electrons. The highest BCUT2D eigenvalue weighted by Crippen LogP contribution is 2.33. The molecule has 3 heteroatoms. The van der Waals surface area contributed by atoms with Crippen LogP contribution in [0.5, 0.6) is 5.75 Å². The predicted molar refractivity (Wildman–Crippen MR) is 90.8 cm³/mol. The molecule has 3 nitrogen and oxygen atoms in total. The molecule has 0 bridgehead atoms. The van der Waals surface area contributed by atoms with E-state index in [1.807, 2.05) is 26.0 Å². The summed E-state index contributed by atoms with van der Waals surface area (Å²) in [5.74, 6) is 2.31. The molecule has 0 heterocycles. The molecule has 2 unspecified atom stereocenters. The zero-order chi connectivity index (χ0) is 15.4. The minimum Gasteiger partial charge on any atom is -0.491 e. The lowest BCUT2D eigenvalue weighted by atomic mass is 9.78. The van der Waals surface area contributed by atoms with Gasteiger partial charge in [0.2, 0.25) is 0 Å². The van der Waals surface area contributed by atoms with Gasteiger partial charge in [0.15, 0.2) is 0 Å². The van der Waals surface area contributed by atoms with Crippen molar-refractivity contribution in [3.63, 3.8) is 0 Å². The Morgan fingerprint density at radius 2 is 1.81 bits per heavy atom. The molecule has 0 aromatic heterocycles. The van der Waals surface area contributed by atoms with Gasteiger partial charge in [-0.2, -0.15) is 0 Å². The van der Waals surface area contributed by atoms with Gasteiger partial charge in [-0.15, -0.1) is 0 Å². The third-order valence-corrected chi connectivity index (χ3v) is 4.33. The Labute approximate surface area is 129 Å². The van der Waals surface area contributed by atoms with Gasteiger partial charge in [0, 0.05) is 29.5 Å². The van der Waals surface area contributed by atoms with E-state index in [-0.39, 0.29) is 6.10 Å². The fourth-order valence-electron chi connectivity index (χ4n) is 3.40. The van der Waals surface area contributed by atoms with Crippen molar-refractivity contribution < 1.29 is 4.74 Å². The first-order valence-electron chi connectivity index (χ1n) is 8.29. The maximum Gasteiger partial charge on any atom is 0.123 e. The molecule has 1 saturated carbocycles. The number of ether oxygens (including phenoxy) is 1. The minimum atomic E-state index is 0.165. The van der Waals surface area contributed by atoms with Crippen LogP contribution in [0.1, 0.15) is 53.4 Å². The average Bonchev–Trinajstić information content (AvgIpc) is 2.37. The van der Waals surface area contributed by atoms with Gasteiger partial charge >= 0.3 is 0 Å². The Morgan fingerprint density at radius 3 is 2.48 bits per heavy atom. The normalized spacial score (nSPS) is 22.6. The van der Waals surface area contributed by atoms with Gasteiger partial charge < -0.3 is 15.8 Å². The Bertz CT molecular complexity index is 457. The van der Waals surface area contributed by atoms with E-state index in [4.69, 9.17) is 10.5 Å². The van der Waals surface area contributed by atoms with Gasteiger partial charge in [0.05, 0.1) is 6.10 Å². The summed E-state index contributed by atoms with van der Waals surface area (Å²) in [6, 6.07) is 6.53. The smallest absolute Gasteiger partial charge is 0.123 e. The number of hydrogen-bond donors (Lipinski definition) is 2. The molecule has 2 rings (SSSR count). The van der Waals surface area contributed by atoms with Crippen LogP contribution in [0.2, 0.25) is 0 Å². The van der Waals surface area contributed by atoms with E-state index >= 15 is 0 Å². The van der Waals surface area contributed by atoms with Gasteiger partial charge in [-0.05, 0) is 44.6 Å². The second-order valence-corrected chi connectivity index (χ2v) is 6.90. The maximum atomic E-state index is 6.01. The summed E-state index contributed by atoms with van der Waals surface area (Å²) in [6.45, 7) is 8.73. The van der Waals surface area contributed by atoms with Crippen LogP contribution >= 0.6 is 0 Å². The molecule has 0 amide bonds. The van der Waals surface area contributed by atoms with Crippen molar-refractivity contribution in [2.75, 3.05) is 11.1 Å². The van der Waals surface area contributed by atoms with Crippen molar-refractivity contribution >= 4 is 11.4 Å². The van der Waals surface area contributed by atoms with Crippen LogP contribution in [0.4, 0.5) is 11.4 Å². The molecular formula is C18H30N2O. The van der Waals surface area contributed by atoms with Crippen LogP contribution in [-0.4, -0.2) is 12.1 Å². The van der Waals surface area contributed by atoms with Crippen molar-refractivity contribution in [1.82, 2.24) is 0 Å². The first-order chi connectivity index (χ1) is 9.95. The molecule has 0 spiro atoms. The quantitative estimate of drug-likeness (QED) is 0.774. The predicted octanol–water partition coefficient (Wildman–Crippen LogP) is 4.68. The molecule has 3 N–H and O–H groups in total. The van der Waals surface area contributed by atoms with Crippen molar-refractivity contribution in [3.05, 3.63) is 18.2 Å². The van der Waals surface area contributed by atoms with Gasteiger partial charge in [-0.25, -0.2) is 0 Å². The SMILES string of the molecule is CC(C)Oc1cc(N)cc(NC2CCCCC2C(C)C)c1. The Kier molecular flexibility index (Phi) is 5.38. The zero-order valence-electron chi connectivity index (χ0n) is 13.9. The number of nitrogens with two attached hydrogens (primary N) is 1. The molecule has 2 atom stereocenters. The van der Waals surface area contributed by atoms with Crippen LogP contribution < -0.4 is 15.8 Å². The first kappa shape index (κ1) is 16.0. The summed E-state index contributed by atoms with van der Waals surface area (Å²) < 4.78 is 5.78. The Morgan fingerprint density at radius 1 is 1.10 bits per heavy atom. The Hall–Kier alpha value is -1.38. The maximum absolute atomic E-state index is 6.01. The summed E-state index contributed by atoms with van der Waals surface area (Å²) in [4.78, 5) is 0. The average molecular weight is 290 g/mol. The van der Waals surface area contributed by atoms with Crippen molar-refractivity contribution in [2.24, 2.45) is 11.8 Å². The molecule has 1 aliphatic carbocycles. The van der Waals surface area contributed by atoms with Crippen LogP contribution in [0.25, 0.3) is 0 Å². The molecule has 118 valence electrons. The molecule has 21 heavy (non-hydrogen) atoms. The monoisotopic (exact) mass is 290 g/mol.